The number of carboxylic acid groups (broad SMARTS) is 1. The molecule has 0 amide bonds. The van der Waals surface area contributed by atoms with E-state index in [-0.39, 0.29) is 0 Å². The van der Waals surface area contributed by atoms with Gasteiger partial charge in [-0.15, -0.1) is 0 Å². The highest BCUT2D eigenvalue weighted by atomic mass is 35.5. The van der Waals surface area contributed by atoms with Crippen LogP contribution >= 0.6 is 11.6 Å². The lowest BCUT2D eigenvalue weighted by molar-refractivity contribution is -0.141. The number of carboxylic acids is 1. The molecule has 0 aromatic heterocycles. The summed E-state index contributed by atoms with van der Waals surface area (Å²) in [6.45, 7) is 0.408. The Morgan fingerprint density at radius 1 is 1.59 bits per heavy atom. The van der Waals surface area contributed by atoms with E-state index in [9.17, 15) is 4.79 Å². The summed E-state index contributed by atoms with van der Waals surface area (Å²) in [4.78, 5) is 11.1. The van der Waals surface area contributed by atoms with Crippen LogP contribution in [0.1, 0.15) is 5.56 Å². The van der Waals surface area contributed by atoms with E-state index in [2.05, 4.69) is 5.32 Å². The van der Waals surface area contributed by atoms with Gasteiger partial charge in [0, 0.05) is 11.6 Å². The predicted octanol–water partition coefficient (Wildman–Crippen LogP) is 1.81. The molecule has 1 aromatic carbocycles. The van der Waals surface area contributed by atoms with E-state index in [1.54, 1.807) is 32.4 Å². The van der Waals surface area contributed by atoms with Crippen molar-refractivity contribution in [2.24, 2.45) is 5.92 Å². The van der Waals surface area contributed by atoms with Gasteiger partial charge in [0.05, 0.1) is 13.0 Å². The number of rotatable bonds is 6. The van der Waals surface area contributed by atoms with Gasteiger partial charge in [-0.25, -0.2) is 0 Å². The Hall–Kier alpha value is -1.26. The van der Waals surface area contributed by atoms with Crippen molar-refractivity contribution in [1.82, 2.24) is 5.32 Å². The van der Waals surface area contributed by atoms with Crippen molar-refractivity contribution >= 4 is 17.6 Å². The van der Waals surface area contributed by atoms with E-state index in [1.807, 2.05) is 0 Å². The molecular formula is C12H16ClNO3. The maximum atomic E-state index is 11.1. The Bertz CT molecular complexity index is 395. The van der Waals surface area contributed by atoms with Gasteiger partial charge in [0.25, 0.3) is 0 Å². The van der Waals surface area contributed by atoms with E-state index in [1.165, 1.54) is 0 Å². The van der Waals surface area contributed by atoms with Gasteiger partial charge in [-0.1, -0.05) is 11.6 Å². The number of aliphatic carboxylic acids is 1. The van der Waals surface area contributed by atoms with Gasteiger partial charge in [-0.3, -0.25) is 4.79 Å². The van der Waals surface area contributed by atoms with Crippen molar-refractivity contribution in [3.05, 3.63) is 28.8 Å². The zero-order valence-electron chi connectivity index (χ0n) is 9.87. The first kappa shape index (κ1) is 13.8. The van der Waals surface area contributed by atoms with E-state index < -0.39 is 11.9 Å². The minimum Gasteiger partial charge on any atom is -0.496 e. The van der Waals surface area contributed by atoms with E-state index >= 15 is 0 Å². The zero-order valence-corrected chi connectivity index (χ0v) is 10.6. The molecule has 94 valence electrons. The predicted molar refractivity (Wildman–Crippen MR) is 66.8 cm³/mol. The Kier molecular flexibility index (Phi) is 5.25. The van der Waals surface area contributed by atoms with Crippen LogP contribution in [0.3, 0.4) is 0 Å². The van der Waals surface area contributed by atoms with Crippen LogP contribution in [-0.2, 0) is 11.2 Å². The molecule has 0 radical (unpaired) electrons. The molecule has 0 heterocycles. The minimum atomic E-state index is -0.832. The molecule has 1 aromatic rings. The second-order valence-corrected chi connectivity index (χ2v) is 4.19. The maximum absolute atomic E-state index is 11.1. The second kappa shape index (κ2) is 6.47. The van der Waals surface area contributed by atoms with Crippen molar-refractivity contribution in [2.75, 3.05) is 20.7 Å². The summed E-state index contributed by atoms with van der Waals surface area (Å²) in [7, 11) is 3.28. The van der Waals surface area contributed by atoms with Crippen LogP contribution in [0.15, 0.2) is 18.2 Å². The Morgan fingerprint density at radius 3 is 2.82 bits per heavy atom. The topological polar surface area (TPSA) is 58.6 Å². The third-order valence-corrected chi connectivity index (χ3v) is 2.74. The minimum absolute atomic E-state index is 0.389. The Balaban J connectivity index is 2.91. The molecule has 2 N–H and O–H groups in total. The van der Waals surface area contributed by atoms with Gasteiger partial charge in [-0.2, -0.15) is 0 Å². The van der Waals surface area contributed by atoms with E-state index in [0.29, 0.717) is 23.7 Å². The lowest BCUT2D eigenvalue weighted by atomic mass is 9.98. The monoisotopic (exact) mass is 257 g/mol. The third kappa shape index (κ3) is 3.91. The number of halogens is 1. The molecule has 0 fully saturated rings. The van der Waals surface area contributed by atoms with Crippen LogP contribution in [-0.4, -0.2) is 31.8 Å². The molecule has 5 heteroatoms. The molecule has 0 saturated carbocycles. The molecular weight excluding hydrogens is 242 g/mol. The third-order valence-electron chi connectivity index (χ3n) is 2.51. The van der Waals surface area contributed by atoms with Crippen molar-refractivity contribution in [3.63, 3.8) is 0 Å². The highest BCUT2D eigenvalue weighted by Gasteiger charge is 2.19. The molecule has 0 aliphatic rings. The van der Waals surface area contributed by atoms with Gasteiger partial charge in [0.15, 0.2) is 0 Å². The van der Waals surface area contributed by atoms with Crippen molar-refractivity contribution in [3.8, 4) is 5.75 Å². The average molecular weight is 258 g/mol. The SMILES string of the molecule is CNC[C@H](Cc1cc(Cl)ccc1OC)C(=O)O. The van der Waals surface area contributed by atoms with Crippen molar-refractivity contribution in [1.29, 1.82) is 0 Å². The lowest BCUT2D eigenvalue weighted by Gasteiger charge is -2.14. The molecule has 0 aliphatic heterocycles. The van der Waals surface area contributed by atoms with Gasteiger partial charge in [-0.05, 0) is 37.2 Å². The number of benzene rings is 1. The molecule has 0 aliphatic carbocycles. The number of methoxy groups -OCH3 is 1. The lowest BCUT2D eigenvalue weighted by Crippen LogP contribution is -2.27. The Morgan fingerprint density at radius 2 is 2.29 bits per heavy atom. The Labute approximate surface area is 106 Å². The summed E-state index contributed by atoms with van der Waals surface area (Å²) in [6, 6.07) is 5.21. The molecule has 4 nitrogen and oxygen atoms in total. The number of hydrogen-bond acceptors (Lipinski definition) is 3. The molecule has 0 spiro atoms. The summed E-state index contributed by atoms with van der Waals surface area (Å²) in [5, 5.41) is 12.5. The van der Waals surface area contributed by atoms with Gasteiger partial charge in [0.1, 0.15) is 5.75 Å². The van der Waals surface area contributed by atoms with Crippen LogP contribution < -0.4 is 10.1 Å². The number of ether oxygens (including phenoxy) is 1. The van der Waals surface area contributed by atoms with Crippen LogP contribution in [0.25, 0.3) is 0 Å². The van der Waals surface area contributed by atoms with Crippen molar-refractivity contribution < 1.29 is 14.6 Å². The second-order valence-electron chi connectivity index (χ2n) is 3.75. The van der Waals surface area contributed by atoms with Crippen molar-refractivity contribution in [2.45, 2.75) is 6.42 Å². The normalized spacial score (nSPS) is 12.2. The summed E-state index contributed by atoms with van der Waals surface area (Å²) < 4.78 is 5.19. The van der Waals surface area contributed by atoms with E-state index in [0.717, 1.165) is 5.56 Å². The number of nitrogens with one attached hydrogen (secondary N) is 1. The van der Waals surface area contributed by atoms with Crippen LogP contribution in [0, 0.1) is 5.92 Å². The molecule has 1 atom stereocenters. The molecule has 17 heavy (non-hydrogen) atoms. The standard InChI is InChI=1S/C12H16ClNO3/c1-14-7-9(12(15)16)5-8-6-10(13)3-4-11(8)17-2/h3-4,6,9,14H,5,7H2,1-2H3,(H,15,16)/t9-/m0/s1. The fourth-order valence-corrected chi connectivity index (χ4v) is 1.86. The maximum Gasteiger partial charge on any atom is 0.308 e. The summed E-state index contributed by atoms with van der Waals surface area (Å²) in [5.41, 5.74) is 0.808. The fraction of sp³-hybridized carbons (Fsp3) is 0.417. The molecule has 0 unspecified atom stereocenters. The first-order chi connectivity index (χ1) is 8.08. The van der Waals surface area contributed by atoms with Crippen LogP contribution in [0.2, 0.25) is 5.02 Å². The quantitative estimate of drug-likeness (QED) is 0.816. The fourth-order valence-electron chi connectivity index (χ4n) is 1.67. The largest absolute Gasteiger partial charge is 0.496 e. The number of carbonyl (C=O) groups is 1. The van der Waals surface area contributed by atoms with Gasteiger partial charge >= 0.3 is 5.97 Å². The highest BCUT2D eigenvalue weighted by molar-refractivity contribution is 6.30. The summed E-state index contributed by atoms with van der Waals surface area (Å²) in [5.74, 6) is -0.662. The first-order valence-electron chi connectivity index (χ1n) is 5.28. The highest BCUT2D eigenvalue weighted by Crippen LogP contribution is 2.25. The molecule has 0 bridgehead atoms. The van der Waals surface area contributed by atoms with Gasteiger partial charge in [0.2, 0.25) is 0 Å². The van der Waals surface area contributed by atoms with E-state index in [4.69, 9.17) is 21.4 Å². The van der Waals surface area contributed by atoms with Crippen LogP contribution in [0.4, 0.5) is 0 Å². The van der Waals surface area contributed by atoms with Gasteiger partial charge < -0.3 is 15.2 Å². The van der Waals surface area contributed by atoms with Crippen LogP contribution in [0.5, 0.6) is 5.75 Å². The smallest absolute Gasteiger partial charge is 0.308 e. The molecule has 1 rings (SSSR count). The first-order valence-corrected chi connectivity index (χ1v) is 5.66. The summed E-state index contributed by atoms with van der Waals surface area (Å²) >= 11 is 5.90. The summed E-state index contributed by atoms with van der Waals surface area (Å²) in [6.07, 6.45) is 0.389. The average Bonchev–Trinajstić information content (AvgIpc) is 2.28. The number of hydrogen-bond donors (Lipinski definition) is 2. The molecule has 0 saturated heterocycles. The zero-order chi connectivity index (χ0) is 12.8.